The van der Waals surface area contributed by atoms with Crippen molar-refractivity contribution in [1.82, 2.24) is 4.90 Å². The molecular formula is C27H24F3NO5. The molecule has 1 aliphatic heterocycles. The van der Waals surface area contributed by atoms with Crippen LogP contribution in [0.15, 0.2) is 60.7 Å². The summed E-state index contributed by atoms with van der Waals surface area (Å²) in [4.78, 5) is 26.9. The molecule has 0 aliphatic carbocycles. The first-order valence-corrected chi connectivity index (χ1v) is 11.1. The Morgan fingerprint density at radius 1 is 0.889 bits per heavy atom. The number of hydrogen-bond donors (Lipinski definition) is 0. The van der Waals surface area contributed by atoms with E-state index in [4.69, 9.17) is 14.2 Å². The van der Waals surface area contributed by atoms with E-state index in [2.05, 4.69) is 0 Å². The van der Waals surface area contributed by atoms with E-state index >= 15 is 0 Å². The highest BCUT2D eigenvalue weighted by Gasteiger charge is 2.36. The van der Waals surface area contributed by atoms with Crippen molar-refractivity contribution in [2.45, 2.75) is 18.6 Å². The van der Waals surface area contributed by atoms with Gasteiger partial charge in [-0.15, -0.1) is 0 Å². The summed E-state index contributed by atoms with van der Waals surface area (Å²) in [6.45, 7) is 0.265. The van der Waals surface area contributed by atoms with Gasteiger partial charge >= 0.3 is 12.1 Å². The lowest BCUT2D eigenvalue weighted by molar-refractivity contribution is -0.137. The molecule has 0 N–H and O–H groups in total. The van der Waals surface area contributed by atoms with Gasteiger partial charge in [-0.2, -0.15) is 13.2 Å². The summed E-state index contributed by atoms with van der Waals surface area (Å²) in [5.41, 5.74) is 1.59. The SMILES string of the molecule is COC(=O)c1ccc(C(=O)N2CCc3cc(OC)c(OC)cc3C2c2cccc(C(F)(F)F)c2)cc1. The summed E-state index contributed by atoms with van der Waals surface area (Å²) < 4.78 is 56.2. The molecular weight excluding hydrogens is 475 g/mol. The second-order valence-corrected chi connectivity index (χ2v) is 8.25. The van der Waals surface area contributed by atoms with E-state index in [1.807, 2.05) is 0 Å². The summed E-state index contributed by atoms with van der Waals surface area (Å²) in [5.74, 6) is -0.0137. The largest absolute Gasteiger partial charge is 0.493 e. The number of benzene rings is 3. The molecule has 188 valence electrons. The third-order valence-corrected chi connectivity index (χ3v) is 6.22. The highest BCUT2D eigenvalue weighted by Crippen LogP contribution is 2.42. The molecule has 9 heteroatoms. The normalized spacial score (nSPS) is 15.2. The molecule has 6 nitrogen and oxygen atoms in total. The van der Waals surface area contributed by atoms with Crippen LogP contribution in [0.3, 0.4) is 0 Å². The molecule has 3 aromatic carbocycles. The van der Waals surface area contributed by atoms with Gasteiger partial charge in [0, 0.05) is 12.1 Å². The van der Waals surface area contributed by atoms with Crippen molar-refractivity contribution in [3.8, 4) is 11.5 Å². The molecule has 1 unspecified atom stereocenters. The van der Waals surface area contributed by atoms with Crippen LogP contribution in [0.1, 0.15) is 49.0 Å². The van der Waals surface area contributed by atoms with E-state index in [0.717, 1.165) is 17.7 Å². The van der Waals surface area contributed by atoms with Gasteiger partial charge in [0.1, 0.15) is 0 Å². The lowest BCUT2D eigenvalue weighted by atomic mass is 9.86. The first-order chi connectivity index (χ1) is 17.2. The average molecular weight is 499 g/mol. The number of fused-ring (bicyclic) bond motifs is 1. The standard InChI is InChI=1S/C27H24F3NO5/c1-34-22-14-18-11-12-31(25(32)16-7-9-17(10-8-16)26(33)36-3)24(21(18)15-23(22)35-2)19-5-4-6-20(13-19)27(28,29)30/h4-10,13-15,24H,11-12H2,1-3H3. The molecule has 0 spiro atoms. The molecule has 1 amide bonds. The minimum Gasteiger partial charge on any atom is -0.493 e. The molecule has 0 saturated carbocycles. The number of alkyl halides is 3. The topological polar surface area (TPSA) is 65.1 Å². The number of esters is 1. The summed E-state index contributed by atoms with van der Waals surface area (Å²) in [5, 5.41) is 0. The van der Waals surface area contributed by atoms with Gasteiger partial charge in [-0.1, -0.05) is 12.1 Å². The summed E-state index contributed by atoms with van der Waals surface area (Å²) >= 11 is 0. The maximum Gasteiger partial charge on any atom is 0.416 e. The highest BCUT2D eigenvalue weighted by atomic mass is 19.4. The zero-order chi connectivity index (χ0) is 26.0. The minimum absolute atomic E-state index is 0.265. The molecule has 36 heavy (non-hydrogen) atoms. The molecule has 0 fully saturated rings. The number of carbonyl (C=O) groups is 2. The molecule has 1 atom stereocenters. The second-order valence-electron chi connectivity index (χ2n) is 8.25. The molecule has 1 aliphatic rings. The van der Waals surface area contributed by atoms with Crippen molar-refractivity contribution in [2.75, 3.05) is 27.9 Å². The van der Waals surface area contributed by atoms with Crippen LogP contribution < -0.4 is 9.47 Å². The van der Waals surface area contributed by atoms with Crippen molar-refractivity contribution < 1.29 is 37.0 Å². The third-order valence-electron chi connectivity index (χ3n) is 6.22. The van der Waals surface area contributed by atoms with E-state index in [1.54, 1.807) is 18.2 Å². The Labute approximate surface area is 206 Å². The minimum atomic E-state index is -4.54. The smallest absolute Gasteiger partial charge is 0.416 e. The Morgan fingerprint density at radius 2 is 1.53 bits per heavy atom. The first-order valence-electron chi connectivity index (χ1n) is 11.1. The van der Waals surface area contributed by atoms with Crippen molar-refractivity contribution in [3.63, 3.8) is 0 Å². The molecule has 3 aromatic rings. The van der Waals surface area contributed by atoms with Crippen LogP contribution in [0.25, 0.3) is 0 Å². The number of methoxy groups -OCH3 is 3. The van der Waals surface area contributed by atoms with E-state index in [1.165, 1.54) is 56.6 Å². The van der Waals surface area contributed by atoms with E-state index in [9.17, 15) is 22.8 Å². The Balaban J connectivity index is 1.83. The number of nitrogens with zero attached hydrogens (tertiary/aromatic N) is 1. The van der Waals surface area contributed by atoms with Gasteiger partial charge in [-0.05, 0) is 71.6 Å². The van der Waals surface area contributed by atoms with Crippen molar-refractivity contribution in [1.29, 1.82) is 0 Å². The van der Waals surface area contributed by atoms with Gasteiger partial charge in [0.2, 0.25) is 0 Å². The maximum atomic E-state index is 13.6. The fourth-order valence-corrected chi connectivity index (χ4v) is 4.44. The molecule has 4 rings (SSSR count). The van der Waals surface area contributed by atoms with Crippen molar-refractivity contribution in [2.24, 2.45) is 0 Å². The van der Waals surface area contributed by atoms with Gasteiger partial charge in [0.05, 0.1) is 38.5 Å². The second kappa shape index (κ2) is 9.93. The third kappa shape index (κ3) is 4.73. The van der Waals surface area contributed by atoms with Crippen LogP contribution in [0.5, 0.6) is 11.5 Å². The lowest BCUT2D eigenvalue weighted by Gasteiger charge is -2.38. The van der Waals surface area contributed by atoms with E-state index < -0.39 is 23.8 Å². The van der Waals surface area contributed by atoms with Gasteiger partial charge in [-0.3, -0.25) is 4.79 Å². The van der Waals surface area contributed by atoms with Crippen LogP contribution in [0, 0.1) is 0 Å². The number of ether oxygens (including phenoxy) is 3. The molecule has 0 radical (unpaired) electrons. The Kier molecular flexibility index (Phi) is 6.92. The van der Waals surface area contributed by atoms with Crippen LogP contribution in [0.2, 0.25) is 0 Å². The number of halogens is 3. The quantitative estimate of drug-likeness (QED) is 0.446. The number of carbonyl (C=O) groups excluding carboxylic acids is 2. The van der Waals surface area contributed by atoms with Gasteiger partial charge in [-0.25, -0.2) is 4.79 Å². The fraction of sp³-hybridized carbons (Fsp3) is 0.259. The van der Waals surface area contributed by atoms with Crippen LogP contribution in [-0.4, -0.2) is 44.7 Å². The van der Waals surface area contributed by atoms with Crippen LogP contribution in [0.4, 0.5) is 13.2 Å². The Hall–Kier alpha value is -4.01. The number of amides is 1. The summed E-state index contributed by atoms with van der Waals surface area (Å²) in [6.07, 6.45) is -4.07. The number of rotatable bonds is 5. The zero-order valence-electron chi connectivity index (χ0n) is 19.9. The molecule has 1 heterocycles. The fourth-order valence-electron chi connectivity index (χ4n) is 4.44. The van der Waals surface area contributed by atoms with Crippen LogP contribution in [-0.2, 0) is 17.3 Å². The summed E-state index contributed by atoms with van der Waals surface area (Å²) in [6, 6.07) is 13.6. The Bertz CT molecular complexity index is 1290. The molecule has 0 aromatic heterocycles. The molecule has 0 saturated heterocycles. The monoisotopic (exact) mass is 499 g/mol. The average Bonchev–Trinajstić information content (AvgIpc) is 2.90. The highest BCUT2D eigenvalue weighted by molar-refractivity contribution is 5.96. The van der Waals surface area contributed by atoms with Crippen molar-refractivity contribution in [3.05, 3.63) is 94.0 Å². The van der Waals surface area contributed by atoms with Crippen LogP contribution >= 0.6 is 0 Å². The van der Waals surface area contributed by atoms with Gasteiger partial charge < -0.3 is 19.1 Å². The first kappa shape index (κ1) is 25.1. The maximum absolute atomic E-state index is 13.6. The number of hydrogen-bond acceptors (Lipinski definition) is 5. The Morgan fingerprint density at radius 3 is 2.14 bits per heavy atom. The summed E-state index contributed by atoms with van der Waals surface area (Å²) in [7, 11) is 4.23. The van der Waals surface area contributed by atoms with Gasteiger partial charge in [0.15, 0.2) is 11.5 Å². The van der Waals surface area contributed by atoms with E-state index in [-0.39, 0.29) is 18.0 Å². The lowest BCUT2D eigenvalue weighted by Crippen LogP contribution is -2.40. The predicted molar refractivity (Wildman–Crippen MR) is 125 cm³/mol. The predicted octanol–water partition coefficient (Wildman–Crippen LogP) is 5.30. The zero-order valence-corrected chi connectivity index (χ0v) is 19.9. The van der Waals surface area contributed by atoms with Gasteiger partial charge in [0.25, 0.3) is 5.91 Å². The molecule has 0 bridgehead atoms. The van der Waals surface area contributed by atoms with E-state index in [0.29, 0.717) is 34.6 Å². The van der Waals surface area contributed by atoms with Crippen molar-refractivity contribution >= 4 is 11.9 Å².